The van der Waals surface area contributed by atoms with E-state index in [0.717, 1.165) is 30.5 Å². The van der Waals surface area contributed by atoms with Crippen molar-refractivity contribution in [1.82, 2.24) is 4.90 Å². The van der Waals surface area contributed by atoms with Gasteiger partial charge in [0.2, 0.25) is 0 Å². The molecule has 1 aliphatic rings. The van der Waals surface area contributed by atoms with Crippen molar-refractivity contribution in [3.8, 4) is 11.5 Å². The molecular formula is C16H25N3O2. The van der Waals surface area contributed by atoms with Crippen LogP contribution in [0.15, 0.2) is 29.3 Å². The molecule has 1 heterocycles. The first-order valence-electron chi connectivity index (χ1n) is 7.50. The summed E-state index contributed by atoms with van der Waals surface area (Å²) in [5.74, 6) is 3.01. The minimum Gasteiger partial charge on any atom is -0.497 e. The highest BCUT2D eigenvalue weighted by atomic mass is 16.5. The summed E-state index contributed by atoms with van der Waals surface area (Å²) in [6.07, 6.45) is 2.38. The van der Waals surface area contributed by atoms with Gasteiger partial charge in [-0.25, -0.2) is 4.99 Å². The van der Waals surface area contributed by atoms with Crippen molar-refractivity contribution in [3.05, 3.63) is 24.3 Å². The third-order valence-corrected chi connectivity index (χ3v) is 3.78. The molecule has 1 aromatic carbocycles. The summed E-state index contributed by atoms with van der Waals surface area (Å²) in [7, 11) is 1.64. The topological polar surface area (TPSA) is 60.1 Å². The van der Waals surface area contributed by atoms with Crippen LogP contribution in [0.5, 0.6) is 11.5 Å². The van der Waals surface area contributed by atoms with Crippen molar-refractivity contribution < 1.29 is 9.47 Å². The number of rotatable bonds is 5. The molecule has 2 rings (SSSR count). The molecule has 0 atom stereocenters. The third-order valence-electron chi connectivity index (χ3n) is 3.78. The number of guanidine groups is 1. The minimum absolute atomic E-state index is 0.512. The zero-order chi connectivity index (χ0) is 15.1. The van der Waals surface area contributed by atoms with Gasteiger partial charge in [-0.3, -0.25) is 0 Å². The average Bonchev–Trinajstić information content (AvgIpc) is 2.52. The van der Waals surface area contributed by atoms with Gasteiger partial charge in [0.15, 0.2) is 5.96 Å². The highest BCUT2D eigenvalue weighted by molar-refractivity contribution is 5.78. The van der Waals surface area contributed by atoms with E-state index in [1.807, 2.05) is 24.3 Å². The number of aliphatic imine (C=N–C) groups is 1. The highest BCUT2D eigenvalue weighted by Gasteiger charge is 2.16. The molecule has 1 saturated heterocycles. The van der Waals surface area contributed by atoms with Gasteiger partial charge in [-0.15, -0.1) is 0 Å². The standard InChI is InChI=1S/C16H25N3O2/c1-13-6-9-19(10-7-13)16(17)18-8-11-21-15-5-3-4-14(12-15)20-2/h3-5,12-13H,6-11H2,1-2H3,(H2,17,18). The van der Waals surface area contributed by atoms with Gasteiger partial charge in [0.05, 0.1) is 13.7 Å². The SMILES string of the molecule is COc1cccc(OCCN=C(N)N2CCC(C)CC2)c1. The number of nitrogens with zero attached hydrogens (tertiary/aromatic N) is 2. The van der Waals surface area contributed by atoms with Gasteiger partial charge in [0, 0.05) is 19.2 Å². The molecule has 5 heteroatoms. The molecule has 1 fully saturated rings. The van der Waals surface area contributed by atoms with E-state index in [9.17, 15) is 0 Å². The first kappa shape index (κ1) is 15.5. The summed E-state index contributed by atoms with van der Waals surface area (Å²) in [6.45, 7) is 5.38. The zero-order valence-electron chi connectivity index (χ0n) is 12.9. The molecule has 0 unspecified atom stereocenters. The summed E-state index contributed by atoms with van der Waals surface area (Å²) >= 11 is 0. The Morgan fingerprint density at radius 1 is 1.33 bits per heavy atom. The zero-order valence-corrected chi connectivity index (χ0v) is 12.9. The first-order chi connectivity index (χ1) is 10.2. The van der Waals surface area contributed by atoms with Crippen molar-refractivity contribution in [2.45, 2.75) is 19.8 Å². The molecule has 0 amide bonds. The van der Waals surface area contributed by atoms with Gasteiger partial charge < -0.3 is 20.1 Å². The Morgan fingerprint density at radius 3 is 2.76 bits per heavy atom. The number of ether oxygens (including phenoxy) is 2. The molecule has 0 bridgehead atoms. The highest BCUT2D eigenvalue weighted by Crippen LogP contribution is 2.18. The molecule has 1 aliphatic heterocycles. The second-order valence-corrected chi connectivity index (χ2v) is 5.44. The fourth-order valence-electron chi connectivity index (χ4n) is 2.35. The molecule has 2 N–H and O–H groups in total. The number of hydrogen-bond donors (Lipinski definition) is 1. The van der Waals surface area contributed by atoms with Crippen LogP contribution in [-0.2, 0) is 0 Å². The van der Waals surface area contributed by atoms with E-state index in [0.29, 0.717) is 19.1 Å². The molecule has 116 valence electrons. The molecular weight excluding hydrogens is 266 g/mol. The van der Waals surface area contributed by atoms with E-state index in [-0.39, 0.29) is 0 Å². The van der Waals surface area contributed by atoms with Crippen molar-refractivity contribution in [1.29, 1.82) is 0 Å². The average molecular weight is 291 g/mol. The van der Waals surface area contributed by atoms with Gasteiger partial charge in [0.1, 0.15) is 18.1 Å². The van der Waals surface area contributed by atoms with Crippen LogP contribution in [-0.4, -0.2) is 44.2 Å². The Labute approximate surface area is 126 Å². The summed E-state index contributed by atoms with van der Waals surface area (Å²) in [6, 6.07) is 7.56. The van der Waals surface area contributed by atoms with E-state index in [4.69, 9.17) is 15.2 Å². The van der Waals surface area contributed by atoms with Crippen LogP contribution in [0.4, 0.5) is 0 Å². The molecule has 1 aromatic rings. The van der Waals surface area contributed by atoms with E-state index < -0.39 is 0 Å². The molecule has 5 nitrogen and oxygen atoms in total. The van der Waals surface area contributed by atoms with Crippen LogP contribution >= 0.6 is 0 Å². The number of hydrogen-bond acceptors (Lipinski definition) is 3. The summed E-state index contributed by atoms with van der Waals surface area (Å²) in [4.78, 5) is 6.55. The molecule has 21 heavy (non-hydrogen) atoms. The normalized spacial score (nSPS) is 16.9. The molecule has 0 aliphatic carbocycles. The lowest BCUT2D eigenvalue weighted by Gasteiger charge is -2.31. The lowest BCUT2D eigenvalue weighted by Crippen LogP contribution is -2.42. The second-order valence-electron chi connectivity index (χ2n) is 5.44. The number of piperidine rings is 1. The van der Waals surface area contributed by atoms with E-state index in [1.165, 1.54) is 12.8 Å². The number of benzene rings is 1. The van der Waals surface area contributed by atoms with Crippen LogP contribution < -0.4 is 15.2 Å². The summed E-state index contributed by atoms with van der Waals surface area (Å²) in [5, 5.41) is 0. The van der Waals surface area contributed by atoms with E-state index in [1.54, 1.807) is 7.11 Å². The Kier molecular flexibility index (Phi) is 5.72. The fraction of sp³-hybridized carbons (Fsp3) is 0.562. The van der Waals surface area contributed by atoms with Crippen molar-refractivity contribution in [2.24, 2.45) is 16.6 Å². The van der Waals surface area contributed by atoms with Crippen LogP contribution in [0.25, 0.3) is 0 Å². The minimum atomic E-state index is 0.512. The van der Waals surface area contributed by atoms with Crippen molar-refractivity contribution >= 4 is 5.96 Å². The molecule has 0 aromatic heterocycles. The first-order valence-corrected chi connectivity index (χ1v) is 7.50. The second kappa shape index (κ2) is 7.76. The number of methoxy groups -OCH3 is 1. The predicted molar refractivity (Wildman–Crippen MR) is 84.9 cm³/mol. The van der Waals surface area contributed by atoms with Crippen LogP contribution in [0, 0.1) is 5.92 Å². The Morgan fingerprint density at radius 2 is 2.05 bits per heavy atom. The van der Waals surface area contributed by atoms with Crippen molar-refractivity contribution in [3.63, 3.8) is 0 Å². The maximum atomic E-state index is 6.02. The van der Waals surface area contributed by atoms with Gasteiger partial charge in [-0.2, -0.15) is 0 Å². The Hall–Kier alpha value is -1.91. The fourth-order valence-corrected chi connectivity index (χ4v) is 2.35. The van der Waals surface area contributed by atoms with Crippen LogP contribution in [0.1, 0.15) is 19.8 Å². The smallest absolute Gasteiger partial charge is 0.191 e. The maximum Gasteiger partial charge on any atom is 0.191 e. The van der Waals surface area contributed by atoms with Gasteiger partial charge in [0.25, 0.3) is 0 Å². The molecule has 0 saturated carbocycles. The quantitative estimate of drug-likeness (QED) is 0.513. The van der Waals surface area contributed by atoms with Crippen LogP contribution in [0.3, 0.4) is 0 Å². The van der Waals surface area contributed by atoms with Crippen molar-refractivity contribution in [2.75, 3.05) is 33.4 Å². The van der Waals surface area contributed by atoms with Crippen LogP contribution in [0.2, 0.25) is 0 Å². The van der Waals surface area contributed by atoms with Gasteiger partial charge in [-0.1, -0.05) is 13.0 Å². The Bertz CT molecular complexity index is 468. The lowest BCUT2D eigenvalue weighted by molar-refractivity contribution is 0.276. The molecule has 0 spiro atoms. The third kappa shape index (κ3) is 4.85. The summed E-state index contributed by atoms with van der Waals surface area (Å²) in [5.41, 5.74) is 6.02. The van der Waals surface area contributed by atoms with Gasteiger partial charge in [-0.05, 0) is 30.9 Å². The Balaban J connectivity index is 1.74. The predicted octanol–water partition coefficient (Wildman–Crippen LogP) is 2.12. The van der Waals surface area contributed by atoms with E-state index >= 15 is 0 Å². The number of nitrogens with two attached hydrogens (primary N) is 1. The monoisotopic (exact) mass is 291 g/mol. The lowest BCUT2D eigenvalue weighted by atomic mass is 10.00. The molecule has 0 radical (unpaired) electrons. The number of likely N-dealkylation sites (tertiary alicyclic amines) is 1. The van der Waals surface area contributed by atoms with Gasteiger partial charge >= 0.3 is 0 Å². The largest absolute Gasteiger partial charge is 0.497 e. The maximum absolute atomic E-state index is 6.02. The summed E-state index contributed by atoms with van der Waals surface area (Å²) < 4.78 is 10.8. The van der Waals surface area contributed by atoms with E-state index in [2.05, 4.69) is 16.8 Å².